The van der Waals surface area contributed by atoms with E-state index in [9.17, 15) is 13.2 Å². The summed E-state index contributed by atoms with van der Waals surface area (Å²) in [7, 11) is -3.18. The van der Waals surface area contributed by atoms with Crippen molar-refractivity contribution in [3.05, 3.63) is 29.8 Å². The van der Waals surface area contributed by atoms with Crippen molar-refractivity contribution in [1.82, 2.24) is 0 Å². The van der Waals surface area contributed by atoms with E-state index in [1.54, 1.807) is 24.3 Å². The summed E-state index contributed by atoms with van der Waals surface area (Å²) < 4.78 is 30.9. The molecule has 0 N–H and O–H groups in total. The number of ether oxygens (including phenoxy) is 1. The Bertz CT molecular complexity index is 713. The van der Waals surface area contributed by atoms with E-state index in [1.165, 1.54) is 23.6 Å². The van der Waals surface area contributed by atoms with Crippen LogP contribution in [-0.2, 0) is 14.8 Å². The van der Waals surface area contributed by atoms with Crippen molar-refractivity contribution in [3.8, 4) is 0 Å². The maximum Gasteiger partial charge on any atom is 0.338 e. The van der Waals surface area contributed by atoms with Crippen molar-refractivity contribution in [2.24, 2.45) is 11.8 Å². The molecule has 0 spiro atoms. The van der Waals surface area contributed by atoms with Gasteiger partial charge in [-0.15, -0.1) is 0 Å². The van der Waals surface area contributed by atoms with Crippen molar-refractivity contribution in [1.29, 1.82) is 0 Å². The number of hydrogen-bond donors (Lipinski definition) is 0. The zero-order valence-corrected chi connectivity index (χ0v) is 13.8. The average Bonchev–Trinajstić information content (AvgIpc) is 3.22. The number of esters is 1. The topological polar surface area (TPSA) is 63.7 Å². The number of nitrogens with zero attached hydrogens (tertiary/aromatic N) is 1. The predicted octanol–water partition coefficient (Wildman–Crippen LogP) is 2.57. The fraction of sp³-hybridized carbons (Fsp3) is 0.588. The highest BCUT2D eigenvalue weighted by Crippen LogP contribution is 2.46. The van der Waals surface area contributed by atoms with Gasteiger partial charge in [0.15, 0.2) is 0 Å². The van der Waals surface area contributed by atoms with Gasteiger partial charge in [-0.25, -0.2) is 13.2 Å². The normalized spacial score (nSPS) is 31.5. The number of carbonyl (C=O) groups is 1. The maximum absolute atomic E-state index is 12.3. The third-order valence-corrected chi connectivity index (χ3v) is 7.29. The van der Waals surface area contributed by atoms with Crippen LogP contribution in [0.3, 0.4) is 0 Å². The van der Waals surface area contributed by atoms with Gasteiger partial charge in [0, 0.05) is 6.54 Å². The molecule has 2 saturated carbocycles. The second-order valence-electron chi connectivity index (χ2n) is 6.91. The van der Waals surface area contributed by atoms with Gasteiger partial charge in [0.2, 0.25) is 10.0 Å². The van der Waals surface area contributed by atoms with Gasteiger partial charge in [-0.3, -0.25) is 4.31 Å². The van der Waals surface area contributed by atoms with E-state index in [0.717, 1.165) is 12.3 Å². The molecule has 0 radical (unpaired) electrons. The van der Waals surface area contributed by atoms with Gasteiger partial charge in [0.1, 0.15) is 6.10 Å². The quantitative estimate of drug-likeness (QED) is 0.797. The predicted molar refractivity (Wildman–Crippen MR) is 86.8 cm³/mol. The Labute approximate surface area is 136 Å². The molecule has 1 aromatic rings. The Hall–Kier alpha value is -1.56. The lowest BCUT2D eigenvalue weighted by molar-refractivity contribution is 0.0158. The number of fused-ring (bicyclic) bond motifs is 2. The molecule has 6 heteroatoms. The van der Waals surface area contributed by atoms with Crippen LogP contribution < -0.4 is 4.31 Å². The first-order valence-electron chi connectivity index (χ1n) is 8.34. The van der Waals surface area contributed by atoms with Crippen LogP contribution in [-0.4, -0.2) is 32.8 Å². The molecule has 0 aromatic heterocycles. The van der Waals surface area contributed by atoms with Gasteiger partial charge in [-0.05, 0) is 68.2 Å². The molecule has 4 rings (SSSR count). The maximum atomic E-state index is 12.3. The van der Waals surface area contributed by atoms with Crippen LogP contribution in [0.25, 0.3) is 0 Å². The van der Waals surface area contributed by atoms with Crippen molar-refractivity contribution < 1.29 is 17.9 Å². The Morgan fingerprint density at radius 3 is 2.48 bits per heavy atom. The molecular weight excluding hydrogens is 314 g/mol. The number of carbonyl (C=O) groups excluding carboxylic acids is 1. The fourth-order valence-corrected chi connectivity index (χ4v) is 5.79. The van der Waals surface area contributed by atoms with E-state index in [0.29, 0.717) is 30.1 Å². The van der Waals surface area contributed by atoms with E-state index < -0.39 is 10.0 Å². The summed E-state index contributed by atoms with van der Waals surface area (Å²) in [6.45, 7) is 0.511. The molecule has 0 amide bonds. The van der Waals surface area contributed by atoms with Crippen LogP contribution in [0.1, 0.15) is 42.5 Å². The molecule has 3 aliphatic rings. The van der Waals surface area contributed by atoms with Crippen LogP contribution in [0.5, 0.6) is 0 Å². The molecule has 2 aliphatic carbocycles. The monoisotopic (exact) mass is 335 g/mol. The summed E-state index contributed by atoms with van der Waals surface area (Å²) >= 11 is 0. The highest BCUT2D eigenvalue weighted by atomic mass is 32.2. The van der Waals surface area contributed by atoms with Crippen molar-refractivity contribution >= 4 is 21.7 Å². The SMILES string of the molecule is O=C(O[C@@H]1C[C@H]2CC[C@H]1C2)c1ccc(N2CCCS2(=O)=O)cc1. The first-order chi connectivity index (χ1) is 11.0. The van der Waals surface area contributed by atoms with Crippen LogP contribution in [0.4, 0.5) is 5.69 Å². The Morgan fingerprint density at radius 2 is 1.91 bits per heavy atom. The molecular formula is C17H21NO4S. The third-order valence-electron chi connectivity index (χ3n) is 5.42. The molecule has 1 aliphatic heterocycles. The lowest BCUT2D eigenvalue weighted by Crippen LogP contribution is -2.25. The summed E-state index contributed by atoms with van der Waals surface area (Å²) in [4.78, 5) is 12.3. The van der Waals surface area contributed by atoms with E-state index in [1.807, 2.05) is 0 Å². The standard InChI is InChI=1S/C17H21NO4S/c19-17(22-16-11-12-2-3-14(16)10-12)13-4-6-15(7-5-13)18-8-1-9-23(18,20)21/h4-7,12,14,16H,1-3,8-11H2/t12-,14-,16+/m0/s1. The zero-order chi connectivity index (χ0) is 16.0. The molecule has 0 unspecified atom stereocenters. The summed E-state index contributed by atoms with van der Waals surface area (Å²) in [6, 6.07) is 6.72. The highest BCUT2D eigenvalue weighted by Gasteiger charge is 2.41. The number of sulfonamides is 1. The smallest absolute Gasteiger partial charge is 0.338 e. The lowest BCUT2D eigenvalue weighted by Gasteiger charge is -2.22. The summed E-state index contributed by atoms with van der Waals surface area (Å²) in [5.41, 5.74) is 1.12. The molecule has 2 bridgehead atoms. The van der Waals surface area contributed by atoms with Gasteiger partial charge in [0.25, 0.3) is 0 Å². The molecule has 23 heavy (non-hydrogen) atoms. The van der Waals surface area contributed by atoms with Crippen LogP contribution in [0.2, 0.25) is 0 Å². The Morgan fingerprint density at radius 1 is 1.13 bits per heavy atom. The lowest BCUT2D eigenvalue weighted by atomic mass is 9.98. The average molecular weight is 335 g/mol. The van der Waals surface area contributed by atoms with Gasteiger partial charge < -0.3 is 4.74 Å². The van der Waals surface area contributed by atoms with E-state index in [2.05, 4.69) is 0 Å². The first kappa shape index (κ1) is 15.0. The first-order valence-corrected chi connectivity index (χ1v) is 9.95. The zero-order valence-electron chi connectivity index (χ0n) is 13.0. The molecule has 5 nitrogen and oxygen atoms in total. The largest absolute Gasteiger partial charge is 0.458 e. The number of anilines is 1. The summed E-state index contributed by atoms with van der Waals surface area (Å²) in [5, 5.41) is 0. The van der Waals surface area contributed by atoms with E-state index in [-0.39, 0.29) is 17.8 Å². The molecule has 1 saturated heterocycles. The summed E-state index contributed by atoms with van der Waals surface area (Å²) in [6.07, 6.45) is 5.37. The van der Waals surface area contributed by atoms with Crippen LogP contribution in [0.15, 0.2) is 24.3 Å². The fourth-order valence-electron chi connectivity index (χ4n) is 4.23. The van der Waals surface area contributed by atoms with E-state index in [4.69, 9.17) is 4.74 Å². The second kappa shape index (κ2) is 5.51. The molecule has 124 valence electrons. The minimum Gasteiger partial charge on any atom is -0.458 e. The number of hydrogen-bond acceptors (Lipinski definition) is 4. The minimum atomic E-state index is -3.18. The number of benzene rings is 1. The van der Waals surface area contributed by atoms with Crippen LogP contribution in [0, 0.1) is 11.8 Å². The van der Waals surface area contributed by atoms with Gasteiger partial charge in [-0.1, -0.05) is 0 Å². The highest BCUT2D eigenvalue weighted by molar-refractivity contribution is 7.93. The van der Waals surface area contributed by atoms with Gasteiger partial charge >= 0.3 is 5.97 Å². The van der Waals surface area contributed by atoms with Gasteiger partial charge in [-0.2, -0.15) is 0 Å². The molecule has 3 fully saturated rings. The molecule has 1 aromatic carbocycles. The minimum absolute atomic E-state index is 0.0693. The summed E-state index contributed by atoms with van der Waals surface area (Å²) in [5.74, 6) is 1.18. The van der Waals surface area contributed by atoms with Crippen LogP contribution >= 0.6 is 0 Å². The van der Waals surface area contributed by atoms with Crippen molar-refractivity contribution in [3.63, 3.8) is 0 Å². The molecule has 1 heterocycles. The Kier molecular flexibility index (Phi) is 3.59. The van der Waals surface area contributed by atoms with Crippen molar-refractivity contribution in [2.45, 2.75) is 38.2 Å². The molecule has 3 atom stereocenters. The second-order valence-corrected chi connectivity index (χ2v) is 8.92. The Balaban J connectivity index is 1.44. The third kappa shape index (κ3) is 2.73. The van der Waals surface area contributed by atoms with Crippen molar-refractivity contribution in [2.75, 3.05) is 16.6 Å². The van der Waals surface area contributed by atoms with E-state index >= 15 is 0 Å². The van der Waals surface area contributed by atoms with Gasteiger partial charge in [0.05, 0.1) is 17.0 Å². The number of rotatable bonds is 3.